The van der Waals surface area contributed by atoms with Crippen LogP contribution in [0.15, 0.2) is 97.2 Å². The summed E-state index contributed by atoms with van der Waals surface area (Å²) in [5, 5.41) is 1.05. The second-order valence-corrected chi connectivity index (χ2v) is 9.47. The van der Waals surface area contributed by atoms with Crippen molar-refractivity contribution < 1.29 is 4.74 Å². The van der Waals surface area contributed by atoms with Gasteiger partial charge in [0.15, 0.2) is 0 Å². The van der Waals surface area contributed by atoms with E-state index in [1.54, 1.807) is 0 Å². The highest BCUT2D eigenvalue weighted by molar-refractivity contribution is 5.98. The number of ether oxygens (including phenoxy) is 1. The monoisotopic (exact) mass is 486 g/mol. The predicted molar refractivity (Wildman–Crippen MR) is 150 cm³/mol. The van der Waals surface area contributed by atoms with Crippen molar-refractivity contribution >= 4 is 10.9 Å². The zero-order valence-corrected chi connectivity index (χ0v) is 20.8. The molecule has 0 bridgehead atoms. The molecule has 0 spiro atoms. The molecule has 0 unspecified atom stereocenters. The largest absolute Gasteiger partial charge is 0.379 e. The van der Waals surface area contributed by atoms with E-state index in [1.165, 1.54) is 5.56 Å². The van der Waals surface area contributed by atoms with Gasteiger partial charge in [0, 0.05) is 54.5 Å². The van der Waals surface area contributed by atoms with Gasteiger partial charge in [0.2, 0.25) is 0 Å². The first-order chi connectivity index (χ1) is 18.3. The molecule has 5 heteroatoms. The van der Waals surface area contributed by atoms with Crippen LogP contribution in [0.3, 0.4) is 0 Å². The van der Waals surface area contributed by atoms with Gasteiger partial charge in [-0.15, -0.1) is 0 Å². The molecule has 3 heterocycles. The lowest BCUT2D eigenvalue weighted by Gasteiger charge is -2.26. The fourth-order valence-electron chi connectivity index (χ4n) is 5.02. The summed E-state index contributed by atoms with van der Waals surface area (Å²) >= 11 is 0. The molecule has 6 rings (SSSR count). The molecule has 0 radical (unpaired) electrons. The van der Waals surface area contributed by atoms with Crippen LogP contribution in [0, 0.1) is 0 Å². The molecule has 2 aromatic heterocycles. The first kappa shape index (κ1) is 23.5. The molecular formula is C32H30N4O. The Morgan fingerprint density at radius 1 is 0.730 bits per heavy atom. The summed E-state index contributed by atoms with van der Waals surface area (Å²) in [6.07, 6.45) is 1.86. The first-order valence-corrected chi connectivity index (χ1v) is 12.8. The molecule has 5 aromatic rings. The minimum atomic E-state index is 0.524. The van der Waals surface area contributed by atoms with Crippen LogP contribution in [0.5, 0.6) is 0 Å². The number of nitrogens with zero attached hydrogens (tertiary/aromatic N) is 3. The zero-order chi connectivity index (χ0) is 25.0. The summed E-state index contributed by atoms with van der Waals surface area (Å²) in [4.78, 5) is 12.5. The second kappa shape index (κ2) is 10.6. The SMILES string of the molecule is NCc1ccc(-c2nc3ccnc(-c4cccc(CN5CCOCC5)c4)c3cc2-c2ccccc2)cc1. The minimum Gasteiger partial charge on any atom is -0.379 e. The lowest BCUT2D eigenvalue weighted by atomic mass is 9.95. The Labute approximate surface area is 217 Å². The predicted octanol–water partition coefficient (Wildman–Crippen LogP) is 5.92. The van der Waals surface area contributed by atoms with Crippen molar-refractivity contribution in [3.8, 4) is 33.6 Å². The van der Waals surface area contributed by atoms with E-state index in [4.69, 9.17) is 20.4 Å². The van der Waals surface area contributed by atoms with E-state index in [9.17, 15) is 0 Å². The van der Waals surface area contributed by atoms with E-state index < -0.39 is 0 Å². The van der Waals surface area contributed by atoms with Crippen molar-refractivity contribution in [1.29, 1.82) is 0 Å². The van der Waals surface area contributed by atoms with Crippen molar-refractivity contribution in [2.45, 2.75) is 13.1 Å². The van der Waals surface area contributed by atoms with E-state index >= 15 is 0 Å². The van der Waals surface area contributed by atoms with E-state index in [2.05, 4.69) is 83.8 Å². The Kier molecular flexibility index (Phi) is 6.74. The third-order valence-electron chi connectivity index (χ3n) is 7.00. The number of nitrogens with two attached hydrogens (primary N) is 1. The van der Waals surface area contributed by atoms with Crippen molar-refractivity contribution in [3.63, 3.8) is 0 Å². The van der Waals surface area contributed by atoms with Crippen LogP contribution >= 0.6 is 0 Å². The lowest BCUT2D eigenvalue weighted by Crippen LogP contribution is -2.35. The number of hydrogen-bond acceptors (Lipinski definition) is 5. The van der Waals surface area contributed by atoms with E-state index in [0.29, 0.717) is 6.54 Å². The highest BCUT2D eigenvalue weighted by Gasteiger charge is 2.16. The summed E-state index contributed by atoms with van der Waals surface area (Å²) in [7, 11) is 0. The molecule has 0 aliphatic carbocycles. The number of hydrogen-bond donors (Lipinski definition) is 1. The third-order valence-corrected chi connectivity index (χ3v) is 7.00. The fourth-order valence-corrected chi connectivity index (χ4v) is 5.02. The Bertz CT molecular complexity index is 1510. The fraction of sp³-hybridized carbons (Fsp3) is 0.188. The summed E-state index contributed by atoms with van der Waals surface area (Å²) in [5.41, 5.74) is 15.5. The van der Waals surface area contributed by atoms with Crippen LogP contribution in [0.1, 0.15) is 11.1 Å². The number of benzene rings is 3. The van der Waals surface area contributed by atoms with Gasteiger partial charge in [-0.1, -0.05) is 72.8 Å². The molecule has 3 aromatic carbocycles. The van der Waals surface area contributed by atoms with Gasteiger partial charge in [-0.25, -0.2) is 4.98 Å². The standard InChI is InChI=1S/C32H30N4O/c33-21-23-9-11-26(12-10-23)32-28(25-6-2-1-3-7-25)20-29-30(35-32)13-14-34-31(29)27-8-4-5-24(19-27)22-36-15-17-37-18-16-36/h1-14,19-20H,15-18,21-22,33H2. The maximum absolute atomic E-state index is 5.84. The van der Waals surface area contributed by atoms with Crippen molar-refractivity contribution in [2.75, 3.05) is 26.3 Å². The quantitative estimate of drug-likeness (QED) is 0.323. The summed E-state index contributed by atoms with van der Waals surface area (Å²) in [5.74, 6) is 0. The van der Waals surface area contributed by atoms with Gasteiger partial charge < -0.3 is 10.5 Å². The molecule has 0 amide bonds. The Morgan fingerprint density at radius 3 is 2.30 bits per heavy atom. The molecule has 184 valence electrons. The summed E-state index contributed by atoms with van der Waals surface area (Å²) < 4.78 is 5.52. The molecule has 2 N–H and O–H groups in total. The molecule has 0 saturated carbocycles. The van der Waals surface area contributed by atoms with Crippen LogP contribution in [-0.4, -0.2) is 41.2 Å². The van der Waals surface area contributed by atoms with Crippen molar-refractivity contribution in [2.24, 2.45) is 5.73 Å². The van der Waals surface area contributed by atoms with E-state index in [1.807, 2.05) is 18.3 Å². The highest BCUT2D eigenvalue weighted by atomic mass is 16.5. The normalized spacial score (nSPS) is 14.2. The number of aromatic nitrogens is 2. The number of morpholine rings is 1. The van der Waals surface area contributed by atoms with Gasteiger partial charge in [-0.2, -0.15) is 0 Å². The summed E-state index contributed by atoms with van der Waals surface area (Å²) in [6, 6.07) is 31.8. The van der Waals surface area contributed by atoms with Crippen LogP contribution in [0.2, 0.25) is 0 Å². The van der Waals surface area contributed by atoms with Gasteiger partial charge >= 0.3 is 0 Å². The molecular weight excluding hydrogens is 456 g/mol. The Balaban J connectivity index is 1.47. The zero-order valence-electron chi connectivity index (χ0n) is 20.8. The molecule has 37 heavy (non-hydrogen) atoms. The Hall–Kier alpha value is -3.90. The smallest absolute Gasteiger partial charge is 0.0796 e. The topological polar surface area (TPSA) is 64.3 Å². The molecule has 1 saturated heterocycles. The summed E-state index contributed by atoms with van der Waals surface area (Å²) in [6.45, 7) is 4.98. The van der Waals surface area contributed by atoms with Crippen molar-refractivity contribution in [3.05, 3.63) is 108 Å². The molecule has 1 aliphatic rings. The number of pyridine rings is 2. The Morgan fingerprint density at radius 2 is 1.51 bits per heavy atom. The van der Waals surface area contributed by atoms with Gasteiger partial charge in [-0.05, 0) is 34.9 Å². The van der Waals surface area contributed by atoms with E-state index in [-0.39, 0.29) is 0 Å². The maximum atomic E-state index is 5.84. The third kappa shape index (κ3) is 5.02. The van der Waals surface area contributed by atoms with Crippen LogP contribution in [0.4, 0.5) is 0 Å². The second-order valence-electron chi connectivity index (χ2n) is 9.47. The van der Waals surface area contributed by atoms with Crippen molar-refractivity contribution in [1.82, 2.24) is 14.9 Å². The van der Waals surface area contributed by atoms with Crippen LogP contribution in [0.25, 0.3) is 44.5 Å². The van der Waals surface area contributed by atoms with Gasteiger partial charge in [0.1, 0.15) is 0 Å². The first-order valence-electron chi connectivity index (χ1n) is 12.8. The molecule has 1 aliphatic heterocycles. The lowest BCUT2D eigenvalue weighted by molar-refractivity contribution is 0.0342. The van der Waals surface area contributed by atoms with Crippen LogP contribution < -0.4 is 5.73 Å². The molecule has 1 fully saturated rings. The van der Waals surface area contributed by atoms with Gasteiger partial charge in [-0.3, -0.25) is 9.88 Å². The minimum absolute atomic E-state index is 0.524. The molecule has 0 atom stereocenters. The van der Waals surface area contributed by atoms with Gasteiger partial charge in [0.05, 0.1) is 30.1 Å². The molecule has 5 nitrogen and oxygen atoms in total. The van der Waals surface area contributed by atoms with Gasteiger partial charge in [0.25, 0.3) is 0 Å². The average Bonchev–Trinajstić information content (AvgIpc) is 2.97. The van der Waals surface area contributed by atoms with E-state index in [0.717, 1.165) is 83.0 Å². The maximum Gasteiger partial charge on any atom is 0.0796 e. The number of fused-ring (bicyclic) bond motifs is 1. The van der Waals surface area contributed by atoms with Crippen LogP contribution in [-0.2, 0) is 17.8 Å². The average molecular weight is 487 g/mol. The number of rotatable bonds is 6. The highest BCUT2D eigenvalue weighted by Crippen LogP contribution is 2.36.